The van der Waals surface area contributed by atoms with Gasteiger partial charge >= 0.3 is 0 Å². The standard InChI is InChI=1S/C10H14N2O/c1-7(2)12-10-8-4-6-13-9(8)3-5-11-10/h3,5,7H,4,6H2,1-2H3,(H,11,12). The molecule has 2 rings (SSSR count). The van der Waals surface area contributed by atoms with Gasteiger partial charge < -0.3 is 10.1 Å². The fourth-order valence-corrected chi connectivity index (χ4v) is 1.51. The van der Waals surface area contributed by atoms with E-state index in [1.807, 2.05) is 6.07 Å². The summed E-state index contributed by atoms with van der Waals surface area (Å²) >= 11 is 0. The van der Waals surface area contributed by atoms with Crippen molar-refractivity contribution in [2.24, 2.45) is 0 Å². The molecule has 0 aliphatic carbocycles. The molecule has 0 bridgehead atoms. The normalized spacial score (nSPS) is 14.1. The Hall–Kier alpha value is -1.25. The number of hydrogen-bond donors (Lipinski definition) is 1. The molecule has 13 heavy (non-hydrogen) atoms. The van der Waals surface area contributed by atoms with E-state index in [1.165, 1.54) is 5.56 Å². The van der Waals surface area contributed by atoms with E-state index in [9.17, 15) is 0 Å². The van der Waals surface area contributed by atoms with Crippen LogP contribution in [-0.4, -0.2) is 17.6 Å². The summed E-state index contributed by atoms with van der Waals surface area (Å²) in [6, 6.07) is 2.34. The molecule has 0 fully saturated rings. The summed E-state index contributed by atoms with van der Waals surface area (Å²) in [5, 5.41) is 3.31. The van der Waals surface area contributed by atoms with Gasteiger partial charge in [-0.05, 0) is 19.9 Å². The predicted molar refractivity (Wildman–Crippen MR) is 52.2 cm³/mol. The van der Waals surface area contributed by atoms with Crippen molar-refractivity contribution in [1.82, 2.24) is 4.98 Å². The zero-order valence-electron chi connectivity index (χ0n) is 8.00. The zero-order chi connectivity index (χ0) is 9.26. The first-order valence-corrected chi connectivity index (χ1v) is 4.64. The van der Waals surface area contributed by atoms with Crippen molar-refractivity contribution in [3.05, 3.63) is 17.8 Å². The van der Waals surface area contributed by atoms with Gasteiger partial charge in [0, 0.05) is 24.2 Å². The Labute approximate surface area is 78.1 Å². The maximum atomic E-state index is 5.44. The quantitative estimate of drug-likeness (QED) is 0.750. The van der Waals surface area contributed by atoms with E-state index >= 15 is 0 Å². The molecule has 0 unspecified atom stereocenters. The number of rotatable bonds is 2. The van der Waals surface area contributed by atoms with Crippen molar-refractivity contribution in [2.45, 2.75) is 26.3 Å². The Morgan fingerprint density at radius 1 is 1.54 bits per heavy atom. The van der Waals surface area contributed by atoms with Crippen LogP contribution in [0.5, 0.6) is 5.75 Å². The summed E-state index contributed by atoms with van der Waals surface area (Å²) < 4.78 is 5.44. The summed E-state index contributed by atoms with van der Waals surface area (Å²) in [4.78, 5) is 4.30. The van der Waals surface area contributed by atoms with E-state index < -0.39 is 0 Å². The average Bonchev–Trinajstić information content (AvgIpc) is 2.51. The molecule has 1 aromatic rings. The fraction of sp³-hybridized carbons (Fsp3) is 0.500. The molecule has 70 valence electrons. The van der Waals surface area contributed by atoms with Gasteiger partial charge in [-0.1, -0.05) is 0 Å². The van der Waals surface area contributed by atoms with E-state index in [-0.39, 0.29) is 0 Å². The van der Waals surface area contributed by atoms with E-state index in [0.29, 0.717) is 6.04 Å². The lowest BCUT2D eigenvalue weighted by atomic mass is 10.2. The van der Waals surface area contributed by atoms with E-state index in [0.717, 1.165) is 24.6 Å². The van der Waals surface area contributed by atoms with Crippen molar-refractivity contribution >= 4 is 5.82 Å². The number of ether oxygens (including phenoxy) is 1. The van der Waals surface area contributed by atoms with Crippen LogP contribution >= 0.6 is 0 Å². The lowest BCUT2D eigenvalue weighted by Crippen LogP contribution is -2.12. The minimum Gasteiger partial charge on any atom is -0.493 e. The highest BCUT2D eigenvalue weighted by molar-refractivity contribution is 5.53. The molecule has 0 radical (unpaired) electrons. The molecule has 1 aliphatic rings. The lowest BCUT2D eigenvalue weighted by Gasteiger charge is -2.11. The molecule has 0 saturated carbocycles. The number of fused-ring (bicyclic) bond motifs is 1. The number of anilines is 1. The molecule has 3 nitrogen and oxygen atoms in total. The topological polar surface area (TPSA) is 34.2 Å². The van der Waals surface area contributed by atoms with Crippen LogP contribution in [0.4, 0.5) is 5.82 Å². The molecule has 1 aromatic heterocycles. The van der Waals surface area contributed by atoms with Crippen molar-refractivity contribution in [2.75, 3.05) is 11.9 Å². The Morgan fingerprint density at radius 3 is 3.15 bits per heavy atom. The summed E-state index contributed by atoms with van der Waals surface area (Å²) in [7, 11) is 0. The third kappa shape index (κ3) is 1.59. The summed E-state index contributed by atoms with van der Waals surface area (Å²) in [5.74, 6) is 1.96. The minimum absolute atomic E-state index is 0.416. The molecule has 0 amide bonds. The highest BCUT2D eigenvalue weighted by Gasteiger charge is 2.16. The molecule has 0 spiro atoms. The van der Waals surface area contributed by atoms with Crippen LogP contribution in [0.25, 0.3) is 0 Å². The Morgan fingerprint density at radius 2 is 2.38 bits per heavy atom. The smallest absolute Gasteiger partial charge is 0.133 e. The predicted octanol–water partition coefficient (Wildman–Crippen LogP) is 1.84. The lowest BCUT2D eigenvalue weighted by molar-refractivity contribution is 0.356. The van der Waals surface area contributed by atoms with Gasteiger partial charge in [0.25, 0.3) is 0 Å². The summed E-state index contributed by atoms with van der Waals surface area (Å²) in [5.41, 5.74) is 1.22. The van der Waals surface area contributed by atoms with Crippen molar-refractivity contribution in [1.29, 1.82) is 0 Å². The van der Waals surface area contributed by atoms with E-state index in [4.69, 9.17) is 4.74 Å². The van der Waals surface area contributed by atoms with Crippen LogP contribution in [0.15, 0.2) is 12.3 Å². The molecule has 3 heteroatoms. The molecule has 0 aromatic carbocycles. The number of nitrogens with zero attached hydrogens (tertiary/aromatic N) is 1. The molecular weight excluding hydrogens is 164 g/mol. The van der Waals surface area contributed by atoms with Gasteiger partial charge in [-0.25, -0.2) is 4.98 Å². The Balaban J connectivity index is 2.30. The van der Waals surface area contributed by atoms with Gasteiger partial charge in [0.2, 0.25) is 0 Å². The zero-order valence-corrected chi connectivity index (χ0v) is 8.00. The largest absolute Gasteiger partial charge is 0.493 e. The fourth-order valence-electron chi connectivity index (χ4n) is 1.51. The third-order valence-electron chi connectivity index (χ3n) is 2.05. The number of pyridine rings is 1. The molecular formula is C10H14N2O. The maximum absolute atomic E-state index is 5.44. The van der Waals surface area contributed by atoms with E-state index in [1.54, 1.807) is 6.20 Å². The second-order valence-electron chi connectivity index (χ2n) is 3.53. The van der Waals surface area contributed by atoms with Gasteiger partial charge in [-0.15, -0.1) is 0 Å². The van der Waals surface area contributed by atoms with Crippen molar-refractivity contribution < 1.29 is 4.74 Å². The highest BCUT2D eigenvalue weighted by atomic mass is 16.5. The summed E-state index contributed by atoms with van der Waals surface area (Å²) in [6.45, 7) is 5.00. The Kier molecular flexibility index (Phi) is 2.08. The van der Waals surface area contributed by atoms with Crippen LogP contribution < -0.4 is 10.1 Å². The molecule has 0 saturated heterocycles. The van der Waals surface area contributed by atoms with Crippen LogP contribution in [0.1, 0.15) is 19.4 Å². The summed E-state index contributed by atoms with van der Waals surface area (Å²) in [6.07, 6.45) is 2.76. The molecule has 1 N–H and O–H groups in total. The first kappa shape index (κ1) is 8.35. The van der Waals surface area contributed by atoms with Gasteiger partial charge in [-0.3, -0.25) is 0 Å². The molecule has 0 atom stereocenters. The van der Waals surface area contributed by atoms with Crippen LogP contribution in [0.3, 0.4) is 0 Å². The SMILES string of the molecule is CC(C)Nc1nccc2c1CCO2. The van der Waals surface area contributed by atoms with Gasteiger partial charge in [0.05, 0.1) is 6.61 Å². The minimum atomic E-state index is 0.416. The first-order chi connectivity index (χ1) is 6.27. The average molecular weight is 178 g/mol. The van der Waals surface area contributed by atoms with Crippen LogP contribution in [-0.2, 0) is 6.42 Å². The third-order valence-corrected chi connectivity index (χ3v) is 2.05. The van der Waals surface area contributed by atoms with Gasteiger partial charge in [0.15, 0.2) is 0 Å². The van der Waals surface area contributed by atoms with Gasteiger partial charge in [0.1, 0.15) is 11.6 Å². The number of hydrogen-bond acceptors (Lipinski definition) is 3. The van der Waals surface area contributed by atoms with Crippen molar-refractivity contribution in [3.8, 4) is 5.75 Å². The molecule has 2 heterocycles. The second-order valence-corrected chi connectivity index (χ2v) is 3.53. The highest BCUT2D eigenvalue weighted by Crippen LogP contribution is 2.29. The van der Waals surface area contributed by atoms with Gasteiger partial charge in [-0.2, -0.15) is 0 Å². The van der Waals surface area contributed by atoms with E-state index in [2.05, 4.69) is 24.1 Å². The monoisotopic (exact) mass is 178 g/mol. The first-order valence-electron chi connectivity index (χ1n) is 4.64. The molecule has 1 aliphatic heterocycles. The van der Waals surface area contributed by atoms with Crippen LogP contribution in [0.2, 0.25) is 0 Å². The number of aromatic nitrogens is 1. The van der Waals surface area contributed by atoms with Crippen LogP contribution in [0, 0.1) is 0 Å². The Bertz CT molecular complexity index is 310. The maximum Gasteiger partial charge on any atom is 0.133 e. The van der Waals surface area contributed by atoms with Crippen molar-refractivity contribution in [3.63, 3.8) is 0 Å². The number of nitrogens with one attached hydrogen (secondary N) is 1. The second kappa shape index (κ2) is 3.24.